The Morgan fingerprint density at radius 3 is 1.94 bits per heavy atom. The normalized spacial score (nSPS) is 11.1. The number of nitrogens with zero attached hydrogens (tertiary/aromatic N) is 3. The van der Waals surface area contributed by atoms with E-state index in [0.29, 0.717) is 42.4 Å². The van der Waals surface area contributed by atoms with Crippen molar-refractivity contribution in [2.45, 2.75) is 11.3 Å². The average Bonchev–Trinajstić information content (AvgIpc) is 2.78. The summed E-state index contributed by atoms with van der Waals surface area (Å²) in [5, 5.41) is 21.9. The van der Waals surface area contributed by atoms with Gasteiger partial charge in [-0.3, -0.25) is 10.1 Å². The summed E-state index contributed by atoms with van der Waals surface area (Å²) in [5.41, 5.74) is 1.82. The molecular weight excluding hydrogens is 459 g/mol. The second-order valence-corrected chi connectivity index (χ2v) is 7.95. The Balaban J connectivity index is 0.00000385. The van der Waals surface area contributed by atoms with Crippen LogP contribution in [0.4, 0.5) is 22.7 Å². The third kappa shape index (κ3) is 8.56. The smallest absolute Gasteiger partial charge is 0.744 e. The zero-order valence-electron chi connectivity index (χ0n) is 17.7. The number of hydrogen-bond acceptors (Lipinski definition) is 9. The third-order valence-corrected chi connectivity index (χ3v) is 5.09. The molecule has 0 amide bonds. The summed E-state index contributed by atoms with van der Waals surface area (Å²) in [7, 11) is -4.44. The van der Waals surface area contributed by atoms with Crippen molar-refractivity contribution in [3.63, 3.8) is 0 Å². The molecule has 33 heavy (non-hydrogen) atoms. The maximum absolute atomic E-state index is 10.9. The van der Waals surface area contributed by atoms with Crippen LogP contribution in [0.2, 0.25) is 0 Å². The van der Waals surface area contributed by atoms with Crippen LogP contribution in [-0.4, -0.2) is 31.0 Å². The maximum atomic E-state index is 10.9. The Hall–Kier alpha value is -2.83. The molecule has 3 aromatic carbocycles. The predicted octanol–water partition coefficient (Wildman–Crippen LogP) is 1.80. The number of non-ortho nitro benzene ring substituents is 1. The Morgan fingerprint density at radius 1 is 0.879 bits per heavy atom. The number of benzene rings is 3. The van der Waals surface area contributed by atoms with Crippen molar-refractivity contribution < 1.29 is 52.2 Å². The molecule has 0 aliphatic rings. The first-order chi connectivity index (χ1) is 15.3. The molecule has 0 aromatic heterocycles. The van der Waals surface area contributed by atoms with E-state index in [0.717, 1.165) is 0 Å². The molecule has 0 bridgehead atoms. The van der Waals surface area contributed by atoms with Gasteiger partial charge < -0.3 is 14.6 Å². The van der Waals surface area contributed by atoms with E-state index in [-0.39, 0.29) is 40.1 Å². The van der Waals surface area contributed by atoms with Crippen LogP contribution < -0.4 is 39.6 Å². The minimum Gasteiger partial charge on any atom is -0.744 e. The van der Waals surface area contributed by atoms with Crippen LogP contribution >= 0.6 is 0 Å². The minimum atomic E-state index is -4.44. The molecular formula is C21H19N4NaO6S. The molecule has 0 radical (unpaired) electrons. The van der Waals surface area contributed by atoms with Gasteiger partial charge in [-0.2, -0.15) is 10.2 Å². The van der Waals surface area contributed by atoms with Crippen LogP contribution in [-0.2, 0) is 10.1 Å². The van der Waals surface area contributed by atoms with Crippen LogP contribution in [0.3, 0.4) is 0 Å². The van der Waals surface area contributed by atoms with Crippen molar-refractivity contribution in [2.75, 3.05) is 18.5 Å². The van der Waals surface area contributed by atoms with Gasteiger partial charge in [0.1, 0.15) is 15.9 Å². The van der Waals surface area contributed by atoms with E-state index in [1.54, 1.807) is 24.3 Å². The molecule has 166 valence electrons. The van der Waals surface area contributed by atoms with Gasteiger partial charge in [-0.25, -0.2) is 8.42 Å². The van der Waals surface area contributed by atoms with Crippen molar-refractivity contribution in [3.8, 4) is 5.75 Å². The second kappa shape index (κ2) is 12.4. The summed E-state index contributed by atoms with van der Waals surface area (Å²) in [6.07, 6.45) is 0.698. The van der Waals surface area contributed by atoms with Gasteiger partial charge in [0, 0.05) is 24.4 Å². The first-order valence-electron chi connectivity index (χ1n) is 9.50. The average molecular weight is 478 g/mol. The van der Waals surface area contributed by atoms with E-state index in [2.05, 4.69) is 15.5 Å². The molecule has 3 aromatic rings. The molecule has 1 N–H and O–H groups in total. The van der Waals surface area contributed by atoms with Gasteiger partial charge in [0.25, 0.3) is 5.69 Å². The number of rotatable bonds is 10. The Bertz CT molecular complexity index is 1180. The summed E-state index contributed by atoms with van der Waals surface area (Å²) < 4.78 is 38.4. The molecule has 0 unspecified atom stereocenters. The number of azo groups is 1. The molecule has 0 aliphatic heterocycles. The monoisotopic (exact) mass is 478 g/mol. The Kier molecular flexibility index (Phi) is 9.95. The Labute approximate surface area is 212 Å². The van der Waals surface area contributed by atoms with Crippen LogP contribution in [0.25, 0.3) is 0 Å². The van der Waals surface area contributed by atoms with E-state index in [4.69, 9.17) is 4.74 Å². The van der Waals surface area contributed by atoms with Gasteiger partial charge in [-0.05, 0) is 67.1 Å². The number of ether oxygens (including phenoxy) is 1. The van der Waals surface area contributed by atoms with Crippen LogP contribution in [0, 0.1) is 10.1 Å². The van der Waals surface area contributed by atoms with Crippen LogP contribution in [0.5, 0.6) is 5.75 Å². The standard InChI is InChI=1S/C21H20N4O6S.Na/c26-25(27)19-8-2-17(3-9-19)23-24-18-4-10-20(11-5-18)31-15-1-14-22-16-6-12-21(13-7-16)32(28,29)30;/h2-13,22H,1,14-15H2,(H,28,29,30);/q;+1/p-1. The molecule has 0 atom stereocenters. The maximum Gasteiger partial charge on any atom is 1.00 e. The summed E-state index contributed by atoms with van der Waals surface area (Å²) >= 11 is 0. The fraction of sp³-hybridized carbons (Fsp3) is 0.143. The minimum absolute atomic E-state index is 0. The van der Waals surface area contributed by atoms with E-state index in [1.165, 1.54) is 48.5 Å². The first-order valence-corrected chi connectivity index (χ1v) is 10.9. The molecule has 3 rings (SSSR count). The number of nitro benzene ring substituents is 1. The fourth-order valence-electron chi connectivity index (χ4n) is 2.60. The van der Waals surface area contributed by atoms with Gasteiger partial charge in [0.2, 0.25) is 0 Å². The van der Waals surface area contributed by atoms with Gasteiger partial charge >= 0.3 is 29.6 Å². The molecule has 12 heteroatoms. The number of anilines is 1. The fourth-order valence-corrected chi connectivity index (χ4v) is 3.07. The van der Waals surface area contributed by atoms with Crippen LogP contribution in [0.15, 0.2) is 87.9 Å². The topological polar surface area (TPSA) is 146 Å². The van der Waals surface area contributed by atoms with E-state index < -0.39 is 15.0 Å². The van der Waals surface area contributed by atoms with Crippen molar-refractivity contribution in [1.82, 2.24) is 0 Å². The van der Waals surface area contributed by atoms with Gasteiger partial charge in [-0.15, -0.1) is 0 Å². The largest absolute Gasteiger partial charge is 1.00 e. The quantitative estimate of drug-likeness (QED) is 0.117. The Morgan fingerprint density at radius 2 is 1.42 bits per heavy atom. The third-order valence-electron chi connectivity index (χ3n) is 4.24. The number of nitrogens with one attached hydrogen (secondary N) is 1. The van der Waals surface area contributed by atoms with Gasteiger partial charge in [0.05, 0.1) is 27.8 Å². The molecule has 0 saturated heterocycles. The van der Waals surface area contributed by atoms with E-state index >= 15 is 0 Å². The molecule has 0 spiro atoms. The molecule has 0 saturated carbocycles. The van der Waals surface area contributed by atoms with Crippen molar-refractivity contribution >= 4 is 32.9 Å². The van der Waals surface area contributed by atoms with Crippen molar-refractivity contribution in [3.05, 3.63) is 82.9 Å². The molecule has 0 heterocycles. The summed E-state index contributed by atoms with van der Waals surface area (Å²) in [6, 6.07) is 18.4. The van der Waals surface area contributed by atoms with Crippen molar-refractivity contribution in [1.29, 1.82) is 0 Å². The van der Waals surface area contributed by atoms with Crippen molar-refractivity contribution in [2.24, 2.45) is 10.2 Å². The first kappa shape index (κ1) is 26.4. The zero-order chi connectivity index (χ0) is 23.0. The molecule has 0 fully saturated rings. The molecule has 0 aliphatic carbocycles. The van der Waals surface area contributed by atoms with E-state index in [1.807, 2.05) is 0 Å². The van der Waals surface area contributed by atoms with Gasteiger partial charge in [-0.1, -0.05) is 0 Å². The summed E-state index contributed by atoms with van der Waals surface area (Å²) in [5.74, 6) is 0.671. The predicted molar refractivity (Wildman–Crippen MR) is 117 cm³/mol. The number of nitro groups is 1. The molecule has 10 nitrogen and oxygen atoms in total. The second-order valence-electron chi connectivity index (χ2n) is 6.57. The van der Waals surface area contributed by atoms with E-state index in [9.17, 15) is 23.1 Å². The SMILES string of the molecule is O=[N+]([O-])c1ccc(N=Nc2ccc(OCCCNc3ccc(S(=O)(=O)[O-])cc3)cc2)cc1.[Na+]. The van der Waals surface area contributed by atoms with Gasteiger partial charge in [0.15, 0.2) is 0 Å². The summed E-state index contributed by atoms with van der Waals surface area (Å²) in [6.45, 7) is 1.06. The van der Waals surface area contributed by atoms with Crippen LogP contribution in [0.1, 0.15) is 6.42 Å². The zero-order valence-corrected chi connectivity index (χ0v) is 20.6. The summed E-state index contributed by atoms with van der Waals surface area (Å²) in [4.78, 5) is 9.91. The number of hydrogen-bond donors (Lipinski definition) is 1.